The summed E-state index contributed by atoms with van der Waals surface area (Å²) in [5.41, 5.74) is -0.208. The molecule has 0 saturated carbocycles. The summed E-state index contributed by atoms with van der Waals surface area (Å²) in [5, 5.41) is 11.0. The van der Waals surface area contributed by atoms with Crippen LogP contribution in [0.25, 0.3) is 0 Å². The largest absolute Gasteiger partial charge is 0.379 e. The van der Waals surface area contributed by atoms with Gasteiger partial charge in [0.25, 0.3) is 5.69 Å². The molecule has 1 unspecified atom stereocenters. The summed E-state index contributed by atoms with van der Waals surface area (Å²) in [7, 11) is -3.78. The fourth-order valence-corrected chi connectivity index (χ4v) is 6.09. The zero-order valence-corrected chi connectivity index (χ0v) is 16.1. The van der Waals surface area contributed by atoms with Crippen molar-refractivity contribution >= 4 is 27.5 Å². The topological polar surface area (TPSA) is 93.0 Å². The summed E-state index contributed by atoms with van der Waals surface area (Å²) in [6, 6.07) is 5.17. The van der Waals surface area contributed by atoms with E-state index in [1.165, 1.54) is 18.2 Å². The number of hydrogen-bond acceptors (Lipinski definition) is 7. The van der Waals surface area contributed by atoms with Crippen molar-refractivity contribution in [1.29, 1.82) is 0 Å². The Morgan fingerprint density at radius 1 is 1.27 bits per heavy atom. The lowest BCUT2D eigenvalue weighted by Crippen LogP contribution is -2.50. The quantitative estimate of drug-likeness (QED) is 0.544. The molecule has 0 aliphatic carbocycles. The third kappa shape index (κ3) is 4.55. The number of thioether (sulfide) groups is 1. The monoisotopic (exact) mass is 401 g/mol. The molecule has 1 atom stereocenters. The van der Waals surface area contributed by atoms with Crippen molar-refractivity contribution in [3.8, 4) is 0 Å². The van der Waals surface area contributed by atoms with Crippen molar-refractivity contribution in [3.63, 3.8) is 0 Å². The molecule has 0 N–H and O–H groups in total. The number of morpholine rings is 1. The minimum atomic E-state index is -3.78. The van der Waals surface area contributed by atoms with Gasteiger partial charge in [0.1, 0.15) is 0 Å². The molecule has 2 heterocycles. The van der Waals surface area contributed by atoms with Crippen LogP contribution in [0.3, 0.4) is 0 Å². The van der Waals surface area contributed by atoms with E-state index in [4.69, 9.17) is 4.74 Å². The normalized spacial score (nSPS) is 23.5. The molecule has 8 nitrogen and oxygen atoms in total. The Hall–Kier alpha value is -1.20. The molecule has 0 bridgehead atoms. The van der Waals surface area contributed by atoms with Crippen LogP contribution in [0.4, 0.5) is 5.69 Å². The number of sulfonamides is 1. The lowest BCUT2D eigenvalue weighted by molar-refractivity contribution is -0.385. The molecule has 3 rings (SSSR count). The highest BCUT2D eigenvalue weighted by molar-refractivity contribution is 7.99. The highest BCUT2D eigenvalue weighted by Gasteiger charge is 2.34. The smallest absolute Gasteiger partial charge is 0.270 e. The van der Waals surface area contributed by atoms with E-state index in [1.807, 2.05) is 0 Å². The van der Waals surface area contributed by atoms with Crippen molar-refractivity contribution in [1.82, 2.24) is 9.21 Å². The summed E-state index contributed by atoms with van der Waals surface area (Å²) in [6.45, 7) is 4.02. The van der Waals surface area contributed by atoms with Gasteiger partial charge in [0, 0.05) is 50.1 Å². The lowest BCUT2D eigenvalue weighted by atomic mass is 10.2. The number of nitro groups is 1. The van der Waals surface area contributed by atoms with E-state index >= 15 is 0 Å². The molecule has 26 heavy (non-hydrogen) atoms. The number of ether oxygens (including phenoxy) is 1. The first kappa shape index (κ1) is 19.6. The number of nitro benzene ring substituents is 1. The SMILES string of the molecule is O=[N+]([O-])c1cccc(S(=O)(=O)N2CCCSCC2CN2CCOCC2)c1. The van der Waals surface area contributed by atoms with Crippen LogP contribution in [-0.2, 0) is 14.8 Å². The average molecular weight is 402 g/mol. The number of non-ortho nitro benzene ring substituents is 1. The van der Waals surface area contributed by atoms with Crippen LogP contribution in [0.15, 0.2) is 29.2 Å². The van der Waals surface area contributed by atoms with Crippen LogP contribution in [0, 0.1) is 10.1 Å². The van der Waals surface area contributed by atoms with Crippen molar-refractivity contribution in [2.24, 2.45) is 0 Å². The first-order valence-electron chi connectivity index (χ1n) is 8.62. The Morgan fingerprint density at radius 3 is 2.77 bits per heavy atom. The molecule has 2 fully saturated rings. The molecular formula is C16H23N3O5S2. The summed E-state index contributed by atoms with van der Waals surface area (Å²) >= 11 is 1.76. The lowest BCUT2D eigenvalue weighted by Gasteiger charge is -2.35. The molecule has 0 spiro atoms. The fourth-order valence-electron chi connectivity index (χ4n) is 3.24. The molecule has 1 aromatic rings. The van der Waals surface area contributed by atoms with Crippen LogP contribution in [0.2, 0.25) is 0 Å². The fraction of sp³-hybridized carbons (Fsp3) is 0.625. The zero-order valence-electron chi connectivity index (χ0n) is 14.5. The van der Waals surface area contributed by atoms with Gasteiger partial charge in [-0.05, 0) is 18.2 Å². The van der Waals surface area contributed by atoms with Crippen LogP contribution in [0.5, 0.6) is 0 Å². The molecule has 0 aromatic heterocycles. The Kier molecular flexibility index (Phi) is 6.51. The summed E-state index contributed by atoms with van der Waals surface area (Å²) in [4.78, 5) is 12.7. The van der Waals surface area contributed by atoms with E-state index in [2.05, 4.69) is 4.90 Å². The van der Waals surface area contributed by atoms with E-state index in [0.717, 1.165) is 37.1 Å². The maximum atomic E-state index is 13.2. The zero-order chi connectivity index (χ0) is 18.6. The summed E-state index contributed by atoms with van der Waals surface area (Å²) in [6.07, 6.45) is 0.776. The molecule has 0 amide bonds. The van der Waals surface area contributed by atoms with Crippen LogP contribution in [0.1, 0.15) is 6.42 Å². The molecular weight excluding hydrogens is 378 g/mol. The molecule has 1 aromatic carbocycles. The van der Waals surface area contributed by atoms with Crippen molar-refractivity contribution in [2.45, 2.75) is 17.4 Å². The standard InChI is InChI=1S/C16H23N3O5S2/c20-19(21)14-3-1-4-16(11-14)26(22,23)18-5-2-10-25-13-15(18)12-17-6-8-24-9-7-17/h1,3-4,11,15H,2,5-10,12-13H2. The number of nitrogens with zero attached hydrogens (tertiary/aromatic N) is 3. The van der Waals surface area contributed by atoms with Crippen molar-refractivity contribution < 1.29 is 18.1 Å². The molecule has 0 radical (unpaired) electrons. The van der Waals surface area contributed by atoms with E-state index in [9.17, 15) is 18.5 Å². The van der Waals surface area contributed by atoms with Gasteiger partial charge in [0.15, 0.2) is 0 Å². The maximum absolute atomic E-state index is 13.2. The van der Waals surface area contributed by atoms with Gasteiger partial charge in [-0.1, -0.05) is 6.07 Å². The summed E-state index contributed by atoms with van der Waals surface area (Å²) in [5.74, 6) is 1.64. The van der Waals surface area contributed by atoms with Gasteiger partial charge in [-0.3, -0.25) is 15.0 Å². The van der Waals surface area contributed by atoms with Gasteiger partial charge in [-0.15, -0.1) is 0 Å². The van der Waals surface area contributed by atoms with Gasteiger partial charge >= 0.3 is 0 Å². The number of hydrogen-bond donors (Lipinski definition) is 0. The maximum Gasteiger partial charge on any atom is 0.270 e. The van der Waals surface area contributed by atoms with Crippen molar-refractivity contribution in [3.05, 3.63) is 34.4 Å². The third-order valence-corrected chi connectivity index (χ3v) is 7.74. The minimum absolute atomic E-state index is 0.00872. The van der Waals surface area contributed by atoms with E-state index in [1.54, 1.807) is 16.1 Å². The number of rotatable bonds is 5. The van der Waals surface area contributed by atoms with Gasteiger partial charge in [0.05, 0.1) is 23.0 Å². The Labute approximate surface area is 157 Å². The van der Waals surface area contributed by atoms with Crippen LogP contribution in [-0.4, -0.2) is 79.5 Å². The van der Waals surface area contributed by atoms with Gasteiger partial charge < -0.3 is 4.74 Å². The predicted octanol–water partition coefficient (Wildman–Crippen LogP) is 1.42. The van der Waals surface area contributed by atoms with Crippen LogP contribution < -0.4 is 0 Å². The highest BCUT2D eigenvalue weighted by Crippen LogP contribution is 2.27. The molecule has 2 saturated heterocycles. The van der Waals surface area contributed by atoms with Gasteiger partial charge in [0.2, 0.25) is 10.0 Å². The van der Waals surface area contributed by atoms with E-state index in [-0.39, 0.29) is 16.6 Å². The second kappa shape index (κ2) is 8.66. The number of benzene rings is 1. The van der Waals surface area contributed by atoms with E-state index in [0.29, 0.717) is 26.3 Å². The third-order valence-electron chi connectivity index (χ3n) is 4.59. The second-order valence-corrected chi connectivity index (χ2v) is 9.41. The second-order valence-electron chi connectivity index (χ2n) is 6.37. The average Bonchev–Trinajstić information content (AvgIpc) is 2.88. The predicted molar refractivity (Wildman–Crippen MR) is 100.0 cm³/mol. The highest BCUT2D eigenvalue weighted by atomic mass is 32.2. The Balaban J connectivity index is 1.86. The molecule has 2 aliphatic rings. The first-order chi connectivity index (χ1) is 12.5. The van der Waals surface area contributed by atoms with Gasteiger partial charge in [-0.2, -0.15) is 16.1 Å². The van der Waals surface area contributed by atoms with Crippen LogP contribution >= 0.6 is 11.8 Å². The molecule has 2 aliphatic heterocycles. The minimum Gasteiger partial charge on any atom is -0.379 e. The molecule has 10 heteroatoms. The van der Waals surface area contributed by atoms with Gasteiger partial charge in [-0.25, -0.2) is 8.42 Å². The first-order valence-corrected chi connectivity index (χ1v) is 11.2. The van der Waals surface area contributed by atoms with E-state index < -0.39 is 14.9 Å². The Bertz CT molecular complexity index is 737. The van der Waals surface area contributed by atoms with Crippen molar-refractivity contribution in [2.75, 3.05) is 50.9 Å². The molecule has 144 valence electrons. The summed E-state index contributed by atoms with van der Waals surface area (Å²) < 4.78 is 33.3. The Morgan fingerprint density at radius 2 is 2.04 bits per heavy atom.